The second-order valence-corrected chi connectivity index (χ2v) is 5.74. The fourth-order valence-corrected chi connectivity index (χ4v) is 3.11. The van der Waals surface area contributed by atoms with Gasteiger partial charge in [-0.1, -0.05) is 17.7 Å². The first kappa shape index (κ1) is 14.1. The van der Waals surface area contributed by atoms with Gasteiger partial charge in [0, 0.05) is 24.0 Å². The highest BCUT2D eigenvalue weighted by Gasteiger charge is 2.20. The van der Waals surface area contributed by atoms with E-state index in [1.165, 1.54) is 25.0 Å². The minimum absolute atomic E-state index is 0.276. The van der Waals surface area contributed by atoms with E-state index < -0.39 is 0 Å². The zero-order valence-corrected chi connectivity index (χ0v) is 11.9. The summed E-state index contributed by atoms with van der Waals surface area (Å²) in [7, 11) is 0. The quantitative estimate of drug-likeness (QED) is 0.746. The zero-order valence-electron chi connectivity index (χ0n) is 10.3. The number of rotatable bonds is 4. The van der Waals surface area contributed by atoms with Gasteiger partial charge in [-0.3, -0.25) is 4.90 Å². The molecule has 2 rings (SSSR count). The van der Waals surface area contributed by atoms with E-state index in [1.807, 2.05) is 0 Å². The summed E-state index contributed by atoms with van der Waals surface area (Å²) in [4.78, 5) is 2.39. The molecule has 0 aliphatic carbocycles. The Labute approximate surface area is 118 Å². The van der Waals surface area contributed by atoms with Crippen LogP contribution < -0.4 is 0 Å². The van der Waals surface area contributed by atoms with Gasteiger partial charge < -0.3 is 0 Å². The largest absolute Gasteiger partial charge is 0.299 e. The van der Waals surface area contributed by atoms with Crippen molar-refractivity contribution < 1.29 is 4.39 Å². The summed E-state index contributed by atoms with van der Waals surface area (Å²) >= 11 is 11.9. The van der Waals surface area contributed by atoms with Gasteiger partial charge in [0.1, 0.15) is 5.82 Å². The SMILES string of the molecule is Fc1ccc(CN2CCCC(CCCl)C2)c(Cl)c1. The number of hydrogen-bond donors (Lipinski definition) is 0. The van der Waals surface area contributed by atoms with Crippen LogP contribution in [0.15, 0.2) is 18.2 Å². The summed E-state index contributed by atoms with van der Waals surface area (Å²) in [5, 5.41) is 0.523. The lowest BCUT2D eigenvalue weighted by molar-refractivity contribution is 0.165. The van der Waals surface area contributed by atoms with Crippen molar-refractivity contribution in [1.29, 1.82) is 0 Å². The second-order valence-electron chi connectivity index (χ2n) is 4.96. The summed E-state index contributed by atoms with van der Waals surface area (Å²) in [6.45, 7) is 2.96. The Balaban J connectivity index is 1.96. The van der Waals surface area contributed by atoms with Crippen LogP contribution in [0.3, 0.4) is 0 Å². The molecule has 1 unspecified atom stereocenters. The van der Waals surface area contributed by atoms with Gasteiger partial charge in [-0.05, 0) is 49.4 Å². The minimum atomic E-state index is -0.276. The molecule has 0 saturated carbocycles. The van der Waals surface area contributed by atoms with Crippen molar-refractivity contribution in [1.82, 2.24) is 4.90 Å². The number of nitrogens with zero attached hydrogens (tertiary/aromatic N) is 1. The highest BCUT2D eigenvalue weighted by Crippen LogP contribution is 2.24. The van der Waals surface area contributed by atoms with Crippen molar-refractivity contribution in [3.8, 4) is 0 Å². The molecular formula is C14H18Cl2FN. The third kappa shape index (κ3) is 3.84. The van der Waals surface area contributed by atoms with Crippen LogP contribution in [0.5, 0.6) is 0 Å². The molecule has 100 valence electrons. The van der Waals surface area contributed by atoms with E-state index in [0.29, 0.717) is 10.9 Å². The summed E-state index contributed by atoms with van der Waals surface area (Å²) in [5.41, 5.74) is 1.00. The first-order chi connectivity index (χ1) is 8.69. The van der Waals surface area contributed by atoms with Crippen LogP contribution in [0.25, 0.3) is 0 Å². The monoisotopic (exact) mass is 289 g/mol. The van der Waals surface area contributed by atoms with Crippen molar-refractivity contribution >= 4 is 23.2 Å². The molecule has 0 N–H and O–H groups in total. The summed E-state index contributed by atoms with van der Waals surface area (Å²) < 4.78 is 13.0. The summed E-state index contributed by atoms with van der Waals surface area (Å²) in [6, 6.07) is 4.64. The minimum Gasteiger partial charge on any atom is -0.299 e. The van der Waals surface area contributed by atoms with Gasteiger partial charge >= 0.3 is 0 Å². The van der Waals surface area contributed by atoms with Crippen LogP contribution in [0.2, 0.25) is 5.02 Å². The number of alkyl halides is 1. The van der Waals surface area contributed by atoms with Gasteiger partial charge in [0.25, 0.3) is 0 Å². The van der Waals surface area contributed by atoms with Crippen LogP contribution in [0.4, 0.5) is 4.39 Å². The second kappa shape index (κ2) is 6.74. The highest BCUT2D eigenvalue weighted by atomic mass is 35.5. The lowest BCUT2D eigenvalue weighted by Gasteiger charge is -2.32. The summed E-state index contributed by atoms with van der Waals surface area (Å²) in [5.74, 6) is 1.15. The molecule has 1 saturated heterocycles. The molecule has 0 bridgehead atoms. The van der Waals surface area contributed by atoms with Gasteiger partial charge in [0.2, 0.25) is 0 Å². The van der Waals surface area contributed by atoms with Gasteiger partial charge in [-0.2, -0.15) is 0 Å². The van der Waals surface area contributed by atoms with Gasteiger partial charge in [-0.25, -0.2) is 4.39 Å². The standard InChI is InChI=1S/C14H18Cl2FN/c15-6-5-11-2-1-7-18(9-11)10-12-3-4-13(17)8-14(12)16/h3-4,8,11H,1-2,5-7,9-10H2. The first-order valence-corrected chi connectivity index (χ1v) is 7.32. The molecule has 18 heavy (non-hydrogen) atoms. The van der Waals surface area contributed by atoms with Gasteiger partial charge in [0.05, 0.1) is 0 Å². The molecule has 0 radical (unpaired) electrons. The maximum atomic E-state index is 13.0. The molecule has 0 spiro atoms. The van der Waals surface area contributed by atoms with E-state index in [0.717, 1.165) is 37.5 Å². The molecule has 1 aromatic rings. The fraction of sp³-hybridized carbons (Fsp3) is 0.571. The Hall–Kier alpha value is -0.310. The molecule has 1 fully saturated rings. The predicted octanol–water partition coefficient (Wildman–Crippen LogP) is 4.32. The maximum absolute atomic E-state index is 13.0. The van der Waals surface area contributed by atoms with Crippen LogP contribution in [0, 0.1) is 11.7 Å². The van der Waals surface area contributed by atoms with Crippen LogP contribution in [-0.4, -0.2) is 23.9 Å². The Morgan fingerprint density at radius 1 is 1.39 bits per heavy atom. The number of halogens is 3. The average molecular weight is 290 g/mol. The maximum Gasteiger partial charge on any atom is 0.124 e. The molecule has 1 aromatic carbocycles. The number of benzene rings is 1. The molecule has 4 heteroatoms. The Kier molecular flexibility index (Phi) is 5.28. The van der Waals surface area contributed by atoms with E-state index in [-0.39, 0.29) is 5.82 Å². The molecule has 1 atom stereocenters. The number of likely N-dealkylation sites (tertiary alicyclic amines) is 1. The van der Waals surface area contributed by atoms with Crippen molar-refractivity contribution in [3.05, 3.63) is 34.6 Å². The van der Waals surface area contributed by atoms with E-state index in [1.54, 1.807) is 6.07 Å². The topological polar surface area (TPSA) is 3.24 Å². The first-order valence-electron chi connectivity index (χ1n) is 6.41. The molecular weight excluding hydrogens is 272 g/mol. The van der Waals surface area contributed by atoms with E-state index in [2.05, 4.69) is 4.90 Å². The van der Waals surface area contributed by atoms with Gasteiger partial charge in [-0.15, -0.1) is 11.6 Å². The van der Waals surface area contributed by atoms with Crippen LogP contribution in [-0.2, 0) is 6.54 Å². The summed E-state index contributed by atoms with van der Waals surface area (Å²) in [6.07, 6.45) is 3.55. The van der Waals surface area contributed by atoms with Crippen molar-refractivity contribution in [2.24, 2.45) is 5.92 Å². The molecule has 0 aromatic heterocycles. The van der Waals surface area contributed by atoms with Gasteiger partial charge in [0.15, 0.2) is 0 Å². The lowest BCUT2D eigenvalue weighted by atomic mass is 9.95. The van der Waals surface area contributed by atoms with Crippen molar-refractivity contribution in [2.75, 3.05) is 19.0 Å². The Morgan fingerprint density at radius 2 is 2.22 bits per heavy atom. The number of hydrogen-bond acceptors (Lipinski definition) is 1. The number of piperidine rings is 1. The molecule has 0 amide bonds. The third-order valence-electron chi connectivity index (χ3n) is 3.53. The molecule has 1 nitrogen and oxygen atoms in total. The normalized spacial score (nSPS) is 21.2. The fourth-order valence-electron chi connectivity index (χ4n) is 2.58. The molecule has 1 heterocycles. The lowest BCUT2D eigenvalue weighted by Crippen LogP contribution is -2.35. The van der Waals surface area contributed by atoms with E-state index in [4.69, 9.17) is 23.2 Å². The van der Waals surface area contributed by atoms with Crippen LogP contribution >= 0.6 is 23.2 Å². The Bertz CT molecular complexity index is 395. The van der Waals surface area contributed by atoms with Crippen LogP contribution in [0.1, 0.15) is 24.8 Å². The van der Waals surface area contributed by atoms with E-state index >= 15 is 0 Å². The average Bonchev–Trinajstić information content (AvgIpc) is 2.34. The van der Waals surface area contributed by atoms with E-state index in [9.17, 15) is 4.39 Å². The molecule has 1 aliphatic heterocycles. The van der Waals surface area contributed by atoms with Crippen molar-refractivity contribution in [3.63, 3.8) is 0 Å². The smallest absolute Gasteiger partial charge is 0.124 e. The zero-order chi connectivity index (χ0) is 13.0. The Morgan fingerprint density at radius 3 is 2.94 bits per heavy atom. The molecule has 1 aliphatic rings. The van der Waals surface area contributed by atoms with Crippen molar-refractivity contribution in [2.45, 2.75) is 25.8 Å². The third-order valence-corrected chi connectivity index (χ3v) is 4.10. The highest BCUT2D eigenvalue weighted by molar-refractivity contribution is 6.31. The predicted molar refractivity (Wildman–Crippen MR) is 74.7 cm³/mol.